The van der Waals surface area contributed by atoms with Crippen molar-refractivity contribution in [1.29, 1.82) is 0 Å². The van der Waals surface area contributed by atoms with E-state index in [2.05, 4.69) is 28.5 Å². The highest BCUT2D eigenvalue weighted by Crippen LogP contribution is 2.47. The molecule has 0 radical (unpaired) electrons. The molecule has 1 aromatic heterocycles. The topological polar surface area (TPSA) is 118 Å². The number of hydrogen-bond acceptors (Lipinski definition) is 7. The summed E-state index contributed by atoms with van der Waals surface area (Å²) in [6, 6.07) is 23.8. The molecule has 49 heavy (non-hydrogen) atoms. The number of ether oxygens (including phenoxy) is 2. The first-order valence-electron chi connectivity index (χ1n) is 16.6. The maximum absolute atomic E-state index is 15.0. The Morgan fingerprint density at radius 2 is 1.59 bits per heavy atom. The maximum atomic E-state index is 15.0. The van der Waals surface area contributed by atoms with E-state index < -0.39 is 29.8 Å². The lowest BCUT2D eigenvalue weighted by atomic mass is 9.62. The van der Waals surface area contributed by atoms with Crippen molar-refractivity contribution in [2.45, 2.75) is 44.2 Å². The summed E-state index contributed by atoms with van der Waals surface area (Å²) in [6.45, 7) is -0.429. The minimum Gasteiger partial charge on any atom is -0.497 e. The second-order valence-corrected chi connectivity index (χ2v) is 13.1. The number of amides is 4. The molecule has 0 spiro atoms. The van der Waals surface area contributed by atoms with E-state index in [0.29, 0.717) is 35.9 Å². The number of imide groups is 1. The van der Waals surface area contributed by atoms with E-state index in [9.17, 15) is 19.2 Å². The molecule has 10 nitrogen and oxygen atoms in total. The van der Waals surface area contributed by atoms with Crippen molar-refractivity contribution < 1.29 is 28.7 Å². The molecule has 2 heterocycles. The molecule has 4 amide bonds. The molecule has 2 aliphatic carbocycles. The van der Waals surface area contributed by atoms with Gasteiger partial charge in [-0.3, -0.25) is 29.1 Å². The number of carbonyl (C=O) groups is 4. The van der Waals surface area contributed by atoms with Crippen LogP contribution in [0.5, 0.6) is 11.5 Å². The summed E-state index contributed by atoms with van der Waals surface area (Å²) >= 11 is 0. The summed E-state index contributed by atoms with van der Waals surface area (Å²) in [4.78, 5) is 63.3. The molecule has 3 aliphatic rings. The van der Waals surface area contributed by atoms with Crippen molar-refractivity contribution in [2.75, 3.05) is 26.1 Å². The monoisotopic (exact) mass is 658 g/mol. The zero-order valence-electron chi connectivity index (χ0n) is 27.6. The Bertz CT molecular complexity index is 1890. The molecule has 1 saturated carbocycles. The predicted molar refractivity (Wildman–Crippen MR) is 182 cm³/mol. The summed E-state index contributed by atoms with van der Waals surface area (Å²) in [5, 5.41) is 3.11. The SMILES string of the molecule is COc1ccc(NC(=O)[C@]2(N(Cc3cccnc3)C(=O)CN3C(=O)c4ccccc4C3=O)CC[C@H]3Cc4ccccc4C[C@@H]3C2)c(OC)c1. The number of fused-ring (bicyclic) bond motifs is 3. The molecule has 3 atom stereocenters. The lowest BCUT2D eigenvalue weighted by Gasteiger charge is -2.51. The van der Waals surface area contributed by atoms with Crippen molar-refractivity contribution in [3.8, 4) is 11.5 Å². The molecule has 250 valence electrons. The van der Waals surface area contributed by atoms with E-state index >= 15 is 0 Å². The lowest BCUT2D eigenvalue weighted by molar-refractivity contribution is -0.151. The fourth-order valence-corrected chi connectivity index (χ4v) is 7.86. The van der Waals surface area contributed by atoms with E-state index in [0.717, 1.165) is 29.7 Å². The van der Waals surface area contributed by atoms with E-state index in [1.807, 2.05) is 12.1 Å². The molecular weight excluding hydrogens is 620 g/mol. The van der Waals surface area contributed by atoms with Gasteiger partial charge in [0.25, 0.3) is 11.8 Å². The van der Waals surface area contributed by atoms with Gasteiger partial charge in [-0.05, 0) is 91.0 Å². The van der Waals surface area contributed by atoms with Crippen molar-refractivity contribution in [1.82, 2.24) is 14.8 Å². The number of carbonyl (C=O) groups excluding carboxylic acids is 4. The summed E-state index contributed by atoms with van der Waals surface area (Å²) in [7, 11) is 3.07. The van der Waals surface area contributed by atoms with E-state index in [4.69, 9.17) is 9.47 Å². The number of aromatic nitrogens is 1. The number of nitrogens with zero attached hydrogens (tertiary/aromatic N) is 3. The van der Waals surface area contributed by atoms with Crippen LogP contribution in [0.2, 0.25) is 0 Å². The second kappa shape index (κ2) is 13.2. The zero-order chi connectivity index (χ0) is 34.1. The molecule has 1 fully saturated rings. The van der Waals surface area contributed by atoms with Gasteiger partial charge in [-0.25, -0.2) is 0 Å². The summed E-state index contributed by atoms with van der Waals surface area (Å²) < 4.78 is 11.0. The number of benzene rings is 3. The highest BCUT2D eigenvalue weighted by molar-refractivity contribution is 6.22. The second-order valence-electron chi connectivity index (χ2n) is 13.1. The van der Waals surface area contributed by atoms with Crippen LogP contribution in [0.15, 0.2) is 91.3 Å². The number of rotatable bonds is 9. The van der Waals surface area contributed by atoms with Crippen LogP contribution in [-0.2, 0) is 29.0 Å². The molecule has 7 rings (SSSR count). The van der Waals surface area contributed by atoms with Crippen molar-refractivity contribution in [3.05, 3.63) is 119 Å². The Morgan fingerprint density at radius 1 is 0.898 bits per heavy atom. The fraction of sp³-hybridized carbons (Fsp3) is 0.308. The zero-order valence-corrected chi connectivity index (χ0v) is 27.6. The van der Waals surface area contributed by atoms with Crippen LogP contribution in [0.4, 0.5) is 5.69 Å². The lowest BCUT2D eigenvalue weighted by Crippen LogP contribution is -2.63. The third-order valence-corrected chi connectivity index (χ3v) is 10.4. The molecule has 0 bridgehead atoms. The van der Waals surface area contributed by atoms with Gasteiger partial charge in [-0.15, -0.1) is 0 Å². The van der Waals surface area contributed by atoms with Crippen LogP contribution in [0.25, 0.3) is 0 Å². The van der Waals surface area contributed by atoms with Crippen LogP contribution in [0.3, 0.4) is 0 Å². The first kappa shape index (κ1) is 32.1. The molecule has 1 aliphatic heterocycles. The fourth-order valence-electron chi connectivity index (χ4n) is 7.86. The average Bonchev–Trinajstić information content (AvgIpc) is 3.37. The molecule has 4 aromatic rings. The number of methoxy groups -OCH3 is 2. The van der Waals surface area contributed by atoms with Crippen LogP contribution in [-0.4, -0.2) is 64.7 Å². The van der Waals surface area contributed by atoms with Gasteiger partial charge in [0.15, 0.2) is 0 Å². The standard InChI is InChI=1S/C39H38N4O6/c1-48-30-13-14-33(34(20-30)49-2)41-38(47)39(16-15-28-18-26-9-3-4-10-27(26)19-29(28)21-39)43(23-25-8-7-17-40-22-25)35(44)24-42-36(45)31-11-5-6-12-32(31)37(42)46/h3-14,17,20,22,28-29H,15-16,18-19,21,23-24H2,1-2H3,(H,41,47)/t28-,29+,39-/m0/s1. The minimum absolute atomic E-state index is 0.0665. The molecular formula is C39H38N4O6. The van der Waals surface area contributed by atoms with E-state index in [1.54, 1.807) is 72.9 Å². The van der Waals surface area contributed by atoms with Crippen LogP contribution < -0.4 is 14.8 Å². The van der Waals surface area contributed by atoms with Gasteiger partial charge in [-0.2, -0.15) is 0 Å². The Kier molecular flexibility index (Phi) is 8.62. The van der Waals surface area contributed by atoms with Crippen molar-refractivity contribution in [3.63, 3.8) is 0 Å². The molecule has 0 saturated heterocycles. The van der Waals surface area contributed by atoms with Crippen molar-refractivity contribution >= 4 is 29.3 Å². The van der Waals surface area contributed by atoms with Crippen molar-refractivity contribution in [2.24, 2.45) is 11.8 Å². The van der Waals surface area contributed by atoms with E-state index in [-0.39, 0.29) is 29.5 Å². The minimum atomic E-state index is -1.32. The summed E-state index contributed by atoms with van der Waals surface area (Å²) in [5.41, 5.74) is 2.97. The molecule has 0 unspecified atom stereocenters. The van der Waals surface area contributed by atoms with Gasteiger partial charge in [0.05, 0.1) is 31.0 Å². The highest BCUT2D eigenvalue weighted by Gasteiger charge is 2.53. The number of anilines is 1. The number of hydrogen-bond donors (Lipinski definition) is 1. The molecule has 1 N–H and O–H groups in total. The van der Waals surface area contributed by atoms with E-state index in [1.165, 1.54) is 18.2 Å². The van der Waals surface area contributed by atoms with Gasteiger partial charge < -0.3 is 19.7 Å². The van der Waals surface area contributed by atoms with Gasteiger partial charge in [0, 0.05) is 25.0 Å². The smallest absolute Gasteiger partial charge is 0.262 e. The van der Waals surface area contributed by atoms with Crippen LogP contribution >= 0.6 is 0 Å². The Balaban J connectivity index is 1.29. The average molecular weight is 659 g/mol. The first-order valence-corrected chi connectivity index (χ1v) is 16.6. The normalized spacial score (nSPS) is 20.9. The molecule has 10 heteroatoms. The Morgan fingerprint density at radius 3 is 2.24 bits per heavy atom. The van der Waals surface area contributed by atoms with Gasteiger partial charge >= 0.3 is 0 Å². The Labute approximate surface area is 285 Å². The number of pyridine rings is 1. The summed E-state index contributed by atoms with van der Waals surface area (Å²) in [6.07, 6.45) is 6.54. The Hall–Kier alpha value is -5.51. The van der Waals surface area contributed by atoms with Gasteiger partial charge in [0.1, 0.15) is 23.6 Å². The maximum Gasteiger partial charge on any atom is 0.262 e. The van der Waals surface area contributed by atoms with Crippen LogP contribution in [0, 0.1) is 11.8 Å². The third kappa shape index (κ3) is 5.92. The molecule has 3 aromatic carbocycles. The third-order valence-electron chi connectivity index (χ3n) is 10.4. The predicted octanol–water partition coefficient (Wildman–Crippen LogP) is 5.32. The largest absolute Gasteiger partial charge is 0.497 e. The number of nitrogens with one attached hydrogen (secondary N) is 1. The van der Waals surface area contributed by atoms with Gasteiger partial charge in [0.2, 0.25) is 11.8 Å². The quantitative estimate of drug-likeness (QED) is 0.242. The highest BCUT2D eigenvalue weighted by atomic mass is 16.5. The first-order chi connectivity index (χ1) is 23.8. The summed E-state index contributed by atoms with van der Waals surface area (Å²) in [5.74, 6) is -0.445. The van der Waals surface area contributed by atoms with Crippen LogP contribution in [0.1, 0.15) is 56.7 Å². The van der Waals surface area contributed by atoms with Gasteiger partial charge in [-0.1, -0.05) is 42.5 Å².